The number of sulfonamides is 1. The van der Waals surface area contributed by atoms with Crippen LogP contribution in [-0.2, 0) is 10.0 Å². The predicted octanol–water partition coefficient (Wildman–Crippen LogP) is 2.46. The molecule has 0 saturated heterocycles. The summed E-state index contributed by atoms with van der Waals surface area (Å²) in [5.74, 6) is -0.337. The molecule has 1 atom stereocenters. The molecule has 0 aliphatic heterocycles. The fourth-order valence-electron chi connectivity index (χ4n) is 1.71. The second-order valence-electron chi connectivity index (χ2n) is 4.65. The zero-order valence-corrected chi connectivity index (χ0v) is 12.4. The van der Waals surface area contributed by atoms with Crippen molar-refractivity contribution in [2.24, 2.45) is 5.92 Å². The van der Waals surface area contributed by atoms with Gasteiger partial charge in [-0.2, -0.15) is 4.31 Å². The van der Waals surface area contributed by atoms with Crippen LogP contribution in [-0.4, -0.2) is 25.8 Å². The number of nitrogens with two attached hydrogens (primary N) is 1. The molecule has 2 N–H and O–H groups in total. The van der Waals surface area contributed by atoms with Gasteiger partial charge in [0, 0.05) is 13.1 Å². The fraction of sp³-hybridized carbons (Fsp3) is 0.538. The lowest BCUT2D eigenvalue weighted by atomic mass is 10.1. The van der Waals surface area contributed by atoms with Crippen molar-refractivity contribution in [1.82, 2.24) is 4.31 Å². The van der Waals surface area contributed by atoms with E-state index in [9.17, 15) is 12.8 Å². The van der Waals surface area contributed by atoms with Crippen LogP contribution in [0.4, 0.5) is 10.1 Å². The smallest absolute Gasteiger partial charge is 0.243 e. The molecule has 1 aromatic carbocycles. The molecule has 0 aromatic heterocycles. The first-order chi connectivity index (χ1) is 8.82. The third kappa shape index (κ3) is 3.67. The standard InChI is InChI=1S/C13H21FN2O2S/c1-4-10(3)9-16(5-2)19(17,18)11-6-7-12(14)13(15)8-11/h6-8,10H,4-5,9,15H2,1-3H3. The Balaban J connectivity index is 3.09. The second kappa shape index (κ2) is 6.34. The molecule has 0 amide bonds. The summed E-state index contributed by atoms with van der Waals surface area (Å²) >= 11 is 0. The van der Waals surface area contributed by atoms with E-state index in [4.69, 9.17) is 5.73 Å². The molecule has 0 radical (unpaired) electrons. The van der Waals surface area contributed by atoms with Crippen LogP contribution < -0.4 is 5.73 Å². The van der Waals surface area contributed by atoms with Crippen LogP contribution in [0.2, 0.25) is 0 Å². The van der Waals surface area contributed by atoms with E-state index < -0.39 is 15.8 Å². The molecule has 0 aliphatic carbocycles. The van der Waals surface area contributed by atoms with Gasteiger partial charge in [0.25, 0.3) is 0 Å². The van der Waals surface area contributed by atoms with E-state index in [-0.39, 0.29) is 16.5 Å². The van der Waals surface area contributed by atoms with Crippen molar-refractivity contribution in [2.45, 2.75) is 32.1 Å². The van der Waals surface area contributed by atoms with Gasteiger partial charge in [0.2, 0.25) is 10.0 Å². The molecule has 0 fully saturated rings. The maximum Gasteiger partial charge on any atom is 0.243 e. The van der Waals surface area contributed by atoms with Crippen LogP contribution in [0.15, 0.2) is 23.1 Å². The summed E-state index contributed by atoms with van der Waals surface area (Å²) in [5, 5.41) is 0. The van der Waals surface area contributed by atoms with E-state index in [1.165, 1.54) is 16.4 Å². The van der Waals surface area contributed by atoms with Crippen molar-refractivity contribution in [3.63, 3.8) is 0 Å². The molecular formula is C13H21FN2O2S. The van der Waals surface area contributed by atoms with Gasteiger partial charge in [0.1, 0.15) is 5.82 Å². The zero-order chi connectivity index (χ0) is 14.6. The van der Waals surface area contributed by atoms with E-state index in [0.29, 0.717) is 13.1 Å². The molecule has 0 saturated carbocycles. The van der Waals surface area contributed by atoms with Gasteiger partial charge in [-0.3, -0.25) is 0 Å². The second-order valence-corrected chi connectivity index (χ2v) is 6.59. The molecule has 1 aromatic rings. The number of rotatable bonds is 6. The molecule has 108 valence electrons. The molecule has 0 aliphatic rings. The summed E-state index contributed by atoms with van der Waals surface area (Å²) in [6.45, 7) is 6.63. The van der Waals surface area contributed by atoms with Crippen LogP contribution >= 0.6 is 0 Å². The summed E-state index contributed by atoms with van der Waals surface area (Å²) in [6, 6.07) is 3.50. The summed E-state index contributed by atoms with van der Waals surface area (Å²) in [4.78, 5) is 0.0385. The minimum Gasteiger partial charge on any atom is -0.396 e. The van der Waals surface area contributed by atoms with E-state index in [1.54, 1.807) is 6.92 Å². The van der Waals surface area contributed by atoms with Gasteiger partial charge in [0.05, 0.1) is 10.6 Å². The van der Waals surface area contributed by atoms with Gasteiger partial charge in [0.15, 0.2) is 0 Å². The Hall–Kier alpha value is -1.14. The molecule has 1 rings (SSSR count). The van der Waals surface area contributed by atoms with Gasteiger partial charge in [-0.15, -0.1) is 0 Å². The fourth-order valence-corrected chi connectivity index (χ4v) is 3.31. The van der Waals surface area contributed by atoms with Crippen molar-refractivity contribution in [3.8, 4) is 0 Å². The Kier molecular flexibility index (Phi) is 5.31. The van der Waals surface area contributed by atoms with Crippen LogP contribution in [0.5, 0.6) is 0 Å². The van der Waals surface area contributed by atoms with Crippen LogP contribution in [0.3, 0.4) is 0 Å². The lowest BCUT2D eigenvalue weighted by Crippen LogP contribution is -2.34. The van der Waals surface area contributed by atoms with Crippen molar-refractivity contribution in [3.05, 3.63) is 24.0 Å². The largest absolute Gasteiger partial charge is 0.396 e. The normalized spacial score (nSPS) is 13.7. The van der Waals surface area contributed by atoms with Gasteiger partial charge < -0.3 is 5.73 Å². The molecule has 0 heterocycles. The van der Waals surface area contributed by atoms with E-state index >= 15 is 0 Å². The molecule has 1 unspecified atom stereocenters. The number of halogens is 1. The highest BCUT2D eigenvalue weighted by Gasteiger charge is 2.24. The number of benzene rings is 1. The van der Waals surface area contributed by atoms with E-state index in [1.807, 2.05) is 13.8 Å². The average molecular weight is 288 g/mol. The SMILES string of the molecule is CCC(C)CN(CC)S(=O)(=O)c1ccc(F)c(N)c1. The molecule has 4 nitrogen and oxygen atoms in total. The topological polar surface area (TPSA) is 63.4 Å². The van der Waals surface area contributed by atoms with E-state index in [0.717, 1.165) is 12.5 Å². The Morgan fingerprint density at radius 3 is 2.47 bits per heavy atom. The molecule has 19 heavy (non-hydrogen) atoms. The minimum absolute atomic E-state index is 0.0385. The number of hydrogen-bond acceptors (Lipinski definition) is 3. The Labute approximate surface area is 114 Å². The van der Waals surface area contributed by atoms with Crippen molar-refractivity contribution < 1.29 is 12.8 Å². The summed E-state index contributed by atoms with van der Waals surface area (Å²) < 4.78 is 39.4. The molecule has 0 bridgehead atoms. The number of nitrogens with zero attached hydrogens (tertiary/aromatic N) is 1. The first kappa shape index (κ1) is 15.9. The predicted molar refractivity (Wildman–Crippen MR) is 74.7 cm³/mol. The maximum atomic E-state index is 13.1. The van der Waals surface area contributed by atoms with Crippen molar-refractivity contribution in [1.29, 1.82) is 0 Å². The lowest BCUT2D eigenvalue weighted by Gasteiger charge is -2.23. The first-order valence-corrected chi connectivity index (χ1v) is 7.82. The monoisotopic (exact) mass is 288 g/mol. The Morgan fingerprint density at radius 2 is 2.00 bits per heavy atom. The molecular weight excluding hydrogens is 267 g/mol. The lowest BCUT2D eigenvalue weighted by molar-refractivity contribution is 0.361. The van der Waals surface area contributed by atoms with E-state index in [2.05, 4.69) is 0 Å². The summed E-state index contributed by atoms with van der Waals surface area (Å²) in [6.07, 6.45) is 0.900. The van der Waals surface area contributed by atoms with Crippen LogP contribution in [0.1, 0.15) is 27.2 Å². The Bertz CT molecular complexity index is 531. The highest BCUT2D eigenvalue weighted by atomic mass is 32.2. The average Bonchev–Trinajstić information content (AvgIpc) is 2.38. The maximum absolute atomic E-state index is 13.1. The van der Waals surface area contributed by atoms with Crippen LogP contribution in [0, 0.1) is 11.7 Å². The minimum atomic E-state index is -3.61. The molecule has 0 spiro atoms. The van der Waals surface area contributed by atoms with Gasteiger partial charge in [-0.25, -0.2) is 12.8 Å². The van der Waals surface area contributed by atoms with Crippen molar-refractivity contribution in [2.75, 3.05) is 18.8 Å². The molecule has 6 heteroatoms. The van der Waals surface area contributed by atoms with Gasteiger partial charge in [-0.05, 0) is 24.1 Å². The summed E-state index contributed by atoms with van der Waals surface area (Å²) in [7, 11) is -3.61. The van der Waals surface area contributed by atoms with Crippen molar-refractivity contribution >= 4 is 15.7 Å². The highest BCUT2D eigenvalue weighted by Crippen LogP contribution is 2.21. The number of anilines is 1. The Morgan fingerprint density at radius 1 is 1.37 bits per heavy atom. The van der Waals surface area contributed by atoms with Crippen LogP contribution in [0.25, 0.3) is 0 Å². The number of hydrogen-bond donors (Lipinski definition) is 1. The quantitative estimate of drug-likeness (QED) is 0.818. The van der Waals surface area contributed by atoms with Gasteiger partial charge >= 0.3 is 0 Å². The number of nitrogen functional groups attached to an aromatic ring is 1. The highest BCUT2D eigenvalue weighted by molar-refractivity contribution is 7.89. The first-order valence-electron chi connectivity index (χ1n) is 6.38. The summed E-state index contributed by atoms with van der Waals surface area (Å²) in [5.41, 5.74) is 5.28. The third-order valence-electron chi connectivity index (χ3n) is 3.17. The zero-order valence-electron chi connectivity index (χ0n) is 11.6. The van der Waals surface area contributed by atoms with Gasteiger partial charge in [-0.1, -0.05) is 27.2 Å². The third-order valence-corrected chi connectivity index (χ3v) is 5.11.